The predicted octanol–water partition coefficient (Wildman–Crippen LogP) is -0.0494. The summed E-state index contributed by atoms with van der Waals surface area (Å²) in [5.74, 6) is 0.701. The van der Waals surface area contributed by atoms with Crippen molar-refractivity contribution in [2.75, 3.05) is 24.5 Å². The van der Waals surface area contributed by atoms with Crippen LogP contribution in [0.25, 0.3) is 0 Å². The molecule has 1 aromatic rings. The van der Waals surface area contributed by atoms with E-state index < -0.39 is 11.2 Å². The number of nitrogens with zero attached hydrogens (tertiary/aromatic N) is 2. The Hall–Kier alpha value is -2.35. The number of nitrogens with two attached hydrogens (primary N) is 1. The van der Waals surface area contributed by atoms with Gasteiger partial charge in [-0.3, -0.25) is 9.78 Å². The number of hydrogen-bond donors (Lipinski definition) is 4. The normalized spacial score (nSPS) is 20.4. The Morgan fingerprint density at radius 3 is 2.78 bits per heavy atom. The lowest BCUT2D eigenvalue weighted by atomic mass is 10.1. The van der Waals surface area contributed by atoms with E-state index in [4.69, 9.17) is 5.73 Å². The maximum atomic E-state index is 12.1. The quantitative estimate of drug-likeness (QED) is 0.618. The van der Waals surface area contributed by atoms with Crippen LogP contribution in [-0.2, 0) is 0 Å². The summed E-state index contributed by atoms with van der Waals surface area (Å²) in [7, 11) is 0. The molecule has 2 aliphatic rings. The zero-order chi connectivity index (χ0) is 16.4. The van der Waals surface area contributed by atoms with Gasteiger partial charge in [-0.25, -0.2) is 9.78 Å². The van der Waals surface area contributed by atoms with Crippen LogP contribution in [0.4, 0.5) is 5.82 Å². The van der Waals surface area contributed by atoms with Gasteiger partial charge in [0.25, 0.3) is 5.56 Å². The molecule has 2 fully saturated rings. The molecule has 2 heterocycles. The van der Waals surface area contributed by atoms with Crippen molar-refractivity contribution in [2.45, 2.75) is 25.2 Å². The van der Waals surface area contributed by atoms with Crippen LogP contribution in [0, 0.1) is 5.92 Å². The van der Waals surface area contributed by atoms with E-state index in [1.165, 1.54) is 6.20 Å². The fourth-order valence-corrected chi connectivity index (χ4v) is 2.81. The van der Waals surface area contributed by atoms with E-state index in [1.54, 1.807) is 0 Å². The number of aromatic hydroxyl groups is 1. The highest BCUT2D eigenvalue weighted by molar-refractivity contribution is 5.50. The Balaban J connectivity index is 2.11. The standard InChI is InChI=1S/C15H21N5O3/c16-5-9-3-4-20(8-9)13-12(21)7-18-15(23)19-14(22)11(6-17-13)10-1-2-10/h6-7,9-10,21H,1-5,8,16H2,(H2,18,19,22,23). The minimum absolute atomic E-state index is 0.133. The highest BCUT2D eigenvalue weighted by atomic mass is 16.3. The Labute approximate surface area is 132 Å². The molecule has 1 unspecified atom stereocenters. The summed E-state index contributed by atoms with van der Waals surface area (Å²) < 4.78 is 0. The van der Waals surface area contributed by atoms with Gasteiger partial charge < -0.3 is 20.7 Å². The molecule has 8 nitrogen and oxygen atoms in total. The van der Waals surface area contributed by atoms with Crippen LogP contribution in [0.1, 0.15) is 30.7 Å². The number of nitrogens with one attached hydrogen (secondary N) is 2. The van der Waals surface area contributed by atoms with Crippen molar-refractivity contribution >= 4 is 5.82 Å². The summed E-state index contributed by atoms with van der Waals surface area (Å²) in [4.78, 5) is 34.6. The highest BCUT2D eigenvalue weighted by Crippen LogP contribution is 2.37. The average molecular weight is 319 g/mol. The molecule has 0 bridgehead atoms. The maximum absolute atomic E-state index is 12.1. The molecule has 1 saturated heterocycles. The van der Waals surface area contributed by atoms with Gasteiger partial charge in [-0.2, -0.15) is 0 Å². The minimum Gasteiger partial charge on any atom is -0.503 e. The number of H-pyrrole nitrogens is 2. The van der Waals surface area contributed by atoms with Crippen LogP contribution in [0.2, 0.25) is 0 Å². The third-order valence-corrected chi connectivity index (χ3v) is 4.32. The lowest BCUT2D eigenvalue weighted by molar-refractivity contribution is 0.470. The molecule has 0 aromatic carbocycles. The lowest BCUT2D eigenvalue weighted by Crippen LogP contribution is -2.24. The van der Waals surface area contributed by atoms with Crippen LogP contribution >= 0.6 is 0 Å². The first-order valence-corrected chi connectivity index (χ1v) is 7.82. The molecule has 1 aliphatic heterocycles. The van der Waals surface area contributed by atoms with Crippen molar-refractivity contribution in [1.82, 2.24) is 15.0 Å². The molecule has 1 atom stereocenters. The van der Waals surface area contributed by atoms with Crippen molar-refractivity contribution in [3.8, 4) is 5.75 Å². The lowest BCUT2D eigenvalue weighted by Gasteiger charge is -2.17. The van der Waals surface area contributed by atoms with Gasteiger partial charge in [-0.05, 0) is 37.6 Å². The number of hydrogen-bond acceptors (Lipinski definition) is 6. The van der Waals surface area contributed by atoms with Crippen molar-refractivity contribution in [3.63, 3.8) is 0 Å². The van der Waals surface area contributed by atoms with E-state index in [9.17, 15) is 14.7 Å². The third kappa shape index (κ3) is 3.53. The van der Waals surface area contributed by atoms with Crippen LogP contribution in [0.15, 0.2) is 22.0 Å². The van der Waals surface area contributed by atoms with Gasteiger partial charge in [-0.15, -0.1) is 0 Å². The molecule has 0 radical (unpaired) electrons. The van der Waals surface area contributed by atoms with Crippen LogP contribution in [0.5, 0.6) is 5.75 Å². The molecule has 1 saturated carbocycles. The summed E-state index contributed by atoms with van der Waals surface area (Å²) in [5, 5.41) is 10.2. The monoisotopic (exact) mass is 319 g/mol. The van der Waals surface area contributed by atoms with E-state index in [1.807, 2.05) is 4.90 Å². The largest absolute Gasteiger partial charge is 0.503 e. The second-order valence-electron chi connectivity index (χ2n) is 6.11. The van der Waals surface area contributed by atoms with Crippen LogP contribution in [-0.4, -0.2) is 39.7 Å². The van der Waals surface area contributed by atoms with Crippen molar-refractivity contribution < 1.29 is 5.11 Å². The molecule has 3 rings (SSSR count). The zero-order valence-electron chi connectivity index (χ0n) is 12.8. The van der Waals surface area contributed by atoms with E-state index in [2.05, 4.69) is 15.0 Å². The Morgan fingerprint density at radius 2 is 2.13 bits per heavy atom. The van der Waals surface area contributed by atoms with E-state index in [0.29, 0.717) is 30.4 Å². The van der Waals surface area contributed by atoms with Gasteiger partial charge in [-0.1, -0.05) is 0 Å². The van der Waals surface area contributed by atoms with E-state index in [-0.39, 0.29) is 11.7 Å². The number of anilines is 1. The first-order chi connectivity index (χ1) is 11.1. The number of rotatable bonds is 3. The maximum Gasteiger partial charge on any atom is 0.325 e. The first-order valence-electron chi connectivity index (χ1n) is 7.82. The highest BCUT2D eigenvalue weighted by Gasteiger charge is 2.27. The van der Waals surface area contributed by atoms with E-state index >= 15 is 0 Å². The SMILES string of the molecule is NCC1CCN(c2ncc(C3CC3)c(=O)[nH]c(=O)[nH]cc2O)C1. The van der Waals surface area contributed by atoms with Gasteiger partial charge in [0.1, 0.15) is 0 Å². The second-order valence-corrected chi connectivity index (χ2v) is 6.11. The molecular weight excluding hydrogens is 298 g/mol. The topological polar surface area (TPSA) is 128 Å². The third-order valence-electron chi connectivity index (χ3n) is 4.32. The molecule has 124 valence electrons. The Bertz CT molecular complexity index is 751. The average Bonchev–Trinajstić information content (AvgIpc) is 3.25. The van der Waals surface area contributed by atoms with Crippen LogP contribution in [0.3, 0.4) is 0 Å². The second kappa shape index (κ2) is 6.41. The fraction of sp³-hybridized carbons (Fsp3) is 0.533. The molecule has 1 aromatic heterocycles. The van der Waals surface area contributed by atoms with E-state index in [0.717, 1.165) is 32.0 Å². The molecule has 1 aliphatic carbocycles. The smallest absolute Gasteiger partial charge is 0.325 e. The molecule has 0 spiro atoms. The molecule has 0 amide bonds. The van der Waals surface area contributed by atoms with Gasteiger partial charge in [0, 0.05) is 24.8 Å². The minimum atomic E-state index is -0.671. The predicted molar refractivity (Wildman–Crippen MR) is 86.1 cm³/mol. The molecule has 8 heteroatoms. The van der Waals surface area contributed by atoms with Crippen molar-refractivity contribution in [3.05, 3.63) is 38.8 Å². The first kappa shape index (κ1) is 15.5. The van der Waals surface area contributed by atoms with Gasteiger partial charge in [0.15, 0.2) is 11.6 Å². The Morgan fingerprint density at radius 1 is 1.35 bits per heavy atom. The number of aromatic amines is 2. The zero-order valence-corrected chi connectivity index (χ0v) is 12.8. The summed E-state index contributed by atoms with van der Waals surface area (Å²) in [6.07, 6.45) is 5.36. The fourth-order valence-electron chi connectivity index (χ4n) is 2.81. The summed E-state index contributed by atoms with van der Waals surface area (Å²) >= 11 is 0. The summed E-state index contributed by atoms with van der Waals surface area (Å²) in [6, 6.07) is 0. The number of aromatic nitrogens is 3. The summed E-state index contributed by atoms with van der Waals surface area (Å²) in [5.41, 5.74) is 5.07. The molecular formula is C15H21N5O3. The van der Waals surface area contributed by atoms with Gasteiger partial charge >= 0.3 is 5.69 Å². The van der Waals surface area contributed by atoms with Gasteiger partial charge in [0.05, 0.1) is 6.20 Å². The van der Waals surface area contributed by atoms with Crippen molar-refractivity contribution in [2.24, 2.45) is 11.7 Å². The molecule has 23 heavy (non-hydrogen) atoms. The molecule has 5 N–H and O–H groups in total. The van der Waals surface area contributed by atoms with Gasteiger partial charge in [0.2, 0.25) is 0 Å². The Kier molecular flexibility index (Phi) is 4.33. The summed E-state index contributed by atoms with van der Waals surface area (Å²) in [6.45, 7) is 2.00. The van der Waals surface area contributed by atoms with Crippen LogP contribution < -0.4 is 21.9 Å². The van der Waals surface area contributed by atoms with Crippen molar-refractivity contribution in [1.29, 1.82) is 0 Å².